The van der Waals surface area contributed by atoms with Crippen LogP contribution in [0.3, 0.4) is 0 Å². The first-order chi connectivity index (χ1) is 13.2. The maximum Gasteiger partial charge on any atom is 0.515 e. The third kappa shape index (κ3) is 3.65. The molecule has 0 radical (unpaired) electrons. The number of fused-ring (bicyclic) bond motifs is 2. The average Bonchev–Trinajstić information content (AvgIpc) is 2.64. The van der Waals surface area contributed by atoms with E-state index in [-0.39, 0.29) is 18.9 Å². The predicted octanol–water partition coefficient (Wildman–Crippen LogP) is 0.0610. The maximum atomic E-state index is 12.8. The van der Waals surface area contributed by atoms with Crippen LogP contribution in [0.25, 0.3) is 0 Å². The van der Waals surface area contributed by atoms with Crippen LogP contribution in [0, 0.1) is 0 Å². The molecule has 28 heavy (non-hydrogen) atoms. The lowest BCUT2D eigenvalue weighted by Crippen LogP contribution is -2.59. The quantitative estimate of drug-likeness (QED) is 0.704. The van der Waals surface area contributed by atoms with Crippen molar-refractivity contribution in [2.24, 2.45) is 0 Å². The highest BCUT2D eigenvalue weighted by Crippen LogP contribution is 2.23. The molecule has 3 heterocycles. The van der Waals surface area contributed by atoms with E-state index in [9.17, 15) is 19.2 Å². The number of morpholine rings is 1. The van der Waals surface area contributed by atoms with Crippen LogP contribution in [0.4, 0.5) is 4.79 Å². The zero-order valence-corrected chi connectivity index (χ0v) is 15.7. The molecule has 0 spiro atoms. The Balaban J connectivity index is 1.86. The fourth-order valence-corrected chi connectivity index (χ4v) is 2.83. The molecular formula is C17H21N3O8. The van der Waals surface area contributed by atoms with E-state index in [2.05, 4.69) is 5.43 Å². The maximum absolute atomic E-state index is 12.8. The SMILES string of the molecule is CCOC(=O)C(C)(C)OC(=O)Oc1c2n(ccc1=O)NC1COCCN1C2=O. The number of aromatic nitrogens is 1. The lowest BCUT2D eigenvalue weighted by Gasteiger charge is -2.41. The first kappa shape index (κ1) is 19.7. The average molecular weight is 395 g/mol. The van der Waals surface area contributed by atoms with Crippen LogP contribution in [0.15, 0.2) is 17.1 Å². The predicted molar refractivity (Wildman–Crippen MR) is 93.5 cm³/mol. The van der Waals surface area contributed by atoms with Crippen LogP contribution in [-0.4, -0.2) is 65.7 Å². The molecule has 1 fully saturated rings. The molecular weight excluding hydrogens is 374 g/mol. The van der Waals surface area contributed by atoms with Crippen molar-refractivity contribution < 1.29 is 33.3 Å². The Bertz CT molecular complexity index is 862. The molecule has 0 saturated carbocycles. The van der Waals surface area contributed by atoms with E-state index in [1.165, 1.54) is 29.6 Å². The Morgan fingerprint density at radius 2 is 2.11 bits per heavy atom. The van der Waals surface area contributed by atoms with Gasteiger partial charge in [0.05, 0.1) is 19.8 Å². The summed E-state index contributed by atoms with van der Waals surface area (Å²) in [6, 6.07) is 1.14. The molecule has 3 rings (SSSR count). The Morgan fingerprint density at radius 1 is 1.36 bits per heavy atom. The second kappa shape index (κ2) is 7.50. The number of hydrogen-bond acceptors (Lipinski definition) is 9. The second-order valence-corrected chi connectivity index (χ2v) is 6.63. The van der Waals surface area contributed by atoms with E-state index < -0.39 is 41.0 Å². The molecule has 1 amide bonds. The van der Waals surface area contributed by atoms with E-state index in [0.29, 0.717) is 13.2 Å². The number of nitrogens with one attached hydrogen (secondary N) is 1. The zero-order chi connectivity index (χ0) is 20.5. The highest BCUT2D eigenvalue weighted by atomic mass is 16.7. The summed E-state index contributed by atoms with van der Waals surface area (Å²) >= 11 is 0. The van der Waals surface area contributed by atoms with Gasteiger partial charge >= 0.3 is 12.1 Å². The highest BCUT2D eigenvalue weighted by molar-refractivity contribution is 5.97. The number of rotatable bonds is 4. The standard InChI is InChI=1S/C17H21N3O8/c1-4-26-15(23)17(2,3)28-16(24)27-13-10(21)5-6-20-12(13)14(22)19-7-8-25-9-11(19)18-20/h5-6,11,18H,4,7-9H2,1-3H3. The van der Waals surface area contributed by atoms with Gasteiger partial charge in [-0.05, 0) is 20.8 Å². The van der Waals surface area contributed by atoms with Crippen LogP contribution < -0.4 is 15.6 Å². The van der Waals surface area contributed by atoms with Gasteiger partial charge in [0.1, 0.15) is 6.17 Å². The van der Waals surface area contributed by atoms with Gasteiger partial charge in [-0.2, -0.15) is 0 Å². The van der Waals surface area contributed by atoms with Gasteiger partial charge < -0.3 is 29.3 Å². The molecule has 1 aromatic heterocycles. The summed E-state index contributed by atoms with van der Waals surface area (Å²) in [5.74, 6) is -1.75. The van der Waals surface area contributed by atoms with Crippen molar-refractivity contribution in [2.45, 2.75) is 32.5 Å². The second-order valence-electron chi connectivity index (χ2n) is 6.63. The summed E-state index contributed by atoms with van der Waals surface area (Å²) in [6.45, 7) is 5.32. The minimum Gasteiger partial charge on any atom is -0.463 e. The fourth-order valence-electron chi connectivity index (χ4n) is 2.83. The van der Waals surface area contributed by atoms with Crippen LogP contribution in [0.2, 0.25) is 0 Å². The van der Waals surface area contributed by atoms with Crippen LogP contribution in [0.5, 0.6) is 5.75 Å². The summed E-state index contributed by atoms with van der Waals surface area (Å²) in [5, 5.41) is 0. The van der Waals surface area contributed by atoms with Gasteiger partial charge in [0.2, 0.25) is 16.8 Å². The smallest absolute Gasteiger partial charge is 0.463 e. The molecule has 1 atom stereocenters. The summed E-state index contributed by atoms with van der Waals surface area (Å²) in [5.41, 5.74) is 0.552. The number of ether oxygens (including phenoxy) is 4. The Morgan fingerprint density at radius 3 is 2.82 bits per heavy atom. The van der Waals surface area contributed by atoms with Gasteiger partial charge in [0.15, 0.2) is 5.69 Å². The van der Waals surface area contributed by atoms with Gasteiger partial charge in [0, 0.05) is 18.8 Å². The Hall–Kier alpha value is -3.08. The van der Waals surface area contributed by atoms with Gasteiger partial charge in [0.25, 0.3) is 5.91 Å². The van der Waals surface area contributed by atoms with Gasteiger partial charge in [-0.25, -0.2) is 9.59 Å². The van der Waals surface area contributed by atoms with E-state index in [1.807, 2.05) is 0 Å². The molecule has 0 aromatic carbocycles. The minimum atomic E-state index is -1.63. The lowest BCUT2D eigenvalue weighted by atomic mass is 10.1. The minimum absolute atomic E-state index is 0.106. The molecule has 1 unspecified atom stereocenters. The van der Waals surface area contributed by atoms with Crippen molar-refractivity contribution in [2.75, 3.05) is 31.8 Å². The Labute approximate surface area is 160 Å². The number of pyridine rings is 1. The van der Waals surface area contributed by atoms with Crippen LogP contribution in [0.1, 0.15) is 31.3 Å². The fraction of sp³-hybridized carbons (Fsp3) is 0.529. The molecule has 1 aromatic rings. The van der Waals surface area contributed by atoms with Crippen LogP contribution >= 0.6 is 0 Å². The molecule has 1 saturated heterocycles. The summed E-state index contributed by atoms with van der Waals surface area (Å²) in [6.07, 6.45) is -0.345. The number of carbonyl (C=O) groups excluding carboxylic acids is 3. The van der Waals surface area contributed by atoms with Crippen molar-refractivity contribution in [3.05, 3.63) is 28.2 Å². The van der Waals surface area contributed by atoms with Crippen molar-refractivity contribution >= 4 is 18.0 Å². The summed E-state index contributed by atoms with van der Waals surface area (Å²) in [7, 11) is 0. The number of hydrogen-bond donors (Lipinski definition) is 1. The largest absolute Gasteiger partial charge is 0.515 e. The molecule has 0 aliphatic carbocycles. The molecule has 1 N–H and O–H groups in total. The molecule has 11 nitrogen and oxygen atoms in total. The zero-order valence-electron chi connectivity index (χ0n) is 15.7. The van der Waals surface area contributed by atoms with Gasteiger partial charge in [-0.1, -0.05) is 0 Å². The third-order valence-corrected chi connectivity index (χ3v) is 4.23. The van der Waals surface area contributed by atoms with Crippen molar-refractivity contribution in [3.63, 3.8) is 0 Å². The highest BCUT2D eigenvalue weighted by Gasteiger charge is 2.39. The number of esters is 1. The van der Waals surface area contributed by atoms with E-state index in [4.69, 9.17) is 18.9 Å². The van der Waals surface area contributed by atoms with Crippen molar-refractivity contribution in [1.29, 1.82) is 0 Å². The molecule has 0 bridgehead atoms. The Kier molecular flexibility index (Phi) is 5.27. The van der Waals surface area contributed by atoms with Crippen LogP contribution in [-0.2, 0) is 19.0 Å². The first-order valence-electron chi connectivity index (χ1n) is 8.73. The number of nitrogens with zero attached hydrogens (tertiary/aromatic N) is 2. The van der Waals surface area contributed by atoms with Gasteiger partial charge in [-0.15, -0.1) is 0 Å². The normalized spacial score (nSPS) is 18.5. The van der Waals surface area contributed by atoms with Crippen molar-refractivity contribution in [1.82, 2.24) is 9.58 Å². The third-order valence-electron chi connectivity index (χ3n) is 4.23. The number of amides is 1. The summed E-state index contributed by atoms with van der Waals surface area (Å²) in [4.78, 5) is 50.7. The molecule has 2 aliphatic rings. The molecule has 152 valence electrons. The van der Waals surface area contributed by atoms with E-state index >= 15 is 0 Å². The summed E-state index contributed by atoms with van der Waals surface area (Å²) < 4.78 is 21.5. The number of carbonyl (C=O) groups is 3. The van der Waals surface area contributed by atoms with E-state index in [1.54, 1.807) is 6.92 Å². The first-order valence-corrected chi connectivity index (χ1v) is 8.73. The topological polar surface area (TPSA) is 125 Å². The molecule has 11 heteroatoms. The van der Waals surface area contributed by atoms with E-state index in [0.717, 1.165) is 6.07 Å². The lowest BCUT2D eigenvalue weighted by molar-refractivity contribution is -0.162. The molecule has 2 aliphatic heterocycles. The van der Waals surface area contributed by atoms with Crippen molar-refractivity contribution in [3.8, 4) is 5.75 Å². The van der Waals surface area contributed by atoms with Gasteiger partial charge in [-0.3, -0.25) is 14.3 Å². The monoisotopic (exact) mass is 395 g/mol.